The van der Waals surface area contributed by atoms with Crippen LogP contribution >= 0.6 is 10.7 Å². The second kappa shape index (κ2) is 4.64. The Hall–Kier alpha value is -1.91. The van der Waals surface area contributed by atoms with Gasteiger partial charge >= 0.3 is 0 Å². The van der Waals surface area contributed by atoms with Gasteiger partial charge < -0.3 is 0 Å². The number of nitrogens with zero attached hydrogens (tertiary/aromatic N) is 3. The van der Waals surface area contributed by atoms with Crippen LogP contribution in [0.5, 0.6) is 0 Å². The highest BCUT2D eigenvalue weighted by molar-refractivity contribution is 8.13. The maximum atomic E-state index is 13.2. The highest BCUT2D eigenvalue weighted by Gasteiger charge is 2.26. The summed E-state index contributed by atoms with van der Waals surface area (Å²) in [4.78, 5) is 0. The van der Waals surface area contributed by atoms with Crippen LogP contribution < -0.4 is 0 Å². The van der Waals surface area contributed by atoms with Crippen molar-refractivity contribution in [3.05, 3.63) is 41.3 Å². The van der Waals surface area contributed by atoms with Gasteiger partial charge in [-0.25, -0.2) is 17.5 Å². The van der Waals surface area contributed by atoms with E-state index in [1.165, 1.54) is 25.1 Å². The van der Waals surface area contributed by atoms with Gasteiger partial charge in [0.2, 0.25) is 0 Å². The Labute approximate surface area is 113 Å². The lowest BCUT2D eigenvalue weighted by Gasteiger charge is -2.04. The molecule has 98 valence electrons. The minimum atomic E-state index is -4.19. The average molecular weight is 300 g/mol. The summed E-state index contributed by atoms with van der Waals surface area (Å²) in [6, 6.07) is 6.90. The van der Waals surface area contributed by atoms with E-state index in [4.69, 9.17) is 15.9 Å². The Morgan fingerprint density at radius 2 is 2.16 bits per heavy atom. The van der Waals surface area contributed by atoms with Crippen LogP contribution in [-0.2, 0) is 9.05 Å². The predicted molar refractivity (Wildman–Crippen MR) is 66.0 cm³/mol. The van der Waals surface area contributed by atoms with E-state index >= 15 is 0 Å². The molecule has 1 aromatic heterocycles. The van der Waals surface area contributed by atoms with Crippen LogP contribution in [0.3, 0.4) is 0 Å². The molecule has 0 aliphatic rings. The largest absolute Gasteiger partial charge is 0.280 e. The highest BCUT2D eigenvalue weighted by Crippen LogP contribution is 2.25. The van der Waals surface area contributed by atoms with Crippen LogP contribution in [0.2, 0.25) is 0 Å². The zero-order valence-electron chi connectivity index (χ0n) is 9.63. The molecule has 0 aliphatic heterocycles. The number of halogens is 2. The number of benzene rings is 1. The first-order chi connectivity index (χ1) is 8.84. The zero-order chi connectivity index (χ0) is 14.2. The zero-order valence-corrected chi connectivity index (χ0v) is 11.2. The van der Waals surface area contributed by atoms with Crippen molar-refractivity contribution in [3.63, 3.8) is 0 Å². The standard InChI is InChI=1S/C11H7ClFN3O2S/c1-7-10(6-14)11(19(12,17)18)16(15-7)9-4-2-3-8(13)5-9/h2-5H,1H3. The fraction of sp³-hybridized carbons (Fsp3) is 0.0909. The van der Waals surface area contributed by atoms with Gasteiger partial charge in [0.15, 0.2) is 5.03 Å². The van der Waals surface area contributed by atoms with Gasteiger partial charge in [0.1, 0.15) is 17.4 Å². The Bertz CT molecular complexity index is 793. The van der Waals surface area contributed by atoms with E-state index in [9.17, 15) is 12.8 Å². The molecule has 2 aromatic rings. The molecule has 1 aromatic carbocycles. The first-order valence-electron chi connectivity index (χ1n) is 5.05. The van der Waals surface area contributed by atoms with Crippen LogP contribution in [0.1, 0.15) is 11.3 Å². The third-order valence-electron chi connectivity index (χ3n) is 2.41. The number of rotatable bonds is 2. The molecular weight excluding hydrogens is 293 g/mol. The van der Waals surface area contributed by atoms with Crippen molar-refractivity contribution in [3.8, 4) is 11.8 Å². The van der Waals surface area contributed by atoms with Crippen LogP contribution in [0.4, 0.5) is 4.39 Å². The highest BCUT2D eigenvalue weighted by atomic mass is 35.7. The van der Waals surface area contributed by atoms with E-state index in [0.717, 1.165) is 10.7 Å². The molecule has 0 unspecified atom stereocenters. The molecule has 5 nitrogen and oxygen atoms in total. The first-order valence-corrected chi connectivity index (χ1v) is 7.36. The molecule has 0 atom stereocenters. The van der Waals surface area contributed by atoms with Crippen molar-refractivity contribution in [2.45, 2.75) is 11.9 Å². The van der Waals surface area contributed by atoms with Crippen molar-refractivity contribution in [1.82, 2.24) is 9.78 Å². The average Bonchev–Trinajstić information content (AvgIpc) is 2.66. The Morgan fingerprint density at radius 3 is 2.68 bits per heavy atom. The fourth-order valence-corrected chi connectivity index (χ4v) is 2.86. The van der Waals surface area contributed by atoms with E-state index in [1.54, 1.807) is 6.07 Å². The van der Waals surface area contributed by atoms with Gasteiger partial charge in [0, 0.05) is 10.7 Å². The van der Waals surface area contributed by atoms with E-state index < -0.39 is 19.9 Å². The van der Waals surface area contributed by atoms with Gasteiger partial charge in [-0.15, -0.1) is 0 Å². The maximum absolute atomic E-state index is 13.2. The van der Waals surface area contributed by atoms with Gasteiger partial charge in [-0.05, 0) is 25.1 Å². The number of aromatic nitrogens is 2. The molecule has 0 saturated carbocycles. The predicted octanol–water partition coefficient (Wildman–Crippen LogP) is 2.12. The molecule has 0 amide bonds. The SMILES string of the molecule is Cc1nn(-c2cccc(F)c2)c(S(=O)(=O)Cl)c1C#N. The lowest BCUT2D eigenvalue weighted by molar-refractivity contribution is 0.597. The smallest absolute Gasteiger partial charge is 0.219 e. The minimum absolute atomic E-state index is 0.153. The molecule has 0 fully saturated rings. The Kier molecular flexibility index (Phi) is 3.30. The summed E-state index contributed by atoms with van der Waals surface area (Å²) in [5.41, 5.74) is 0.217. The molecule has 2 rings (SSSR count). The van der Waals surface area contributed by atoms with E-state index in [0.29, 0.717) is 0 Å². The van der Waals surface area contributed by atoms with Gasteiger partial charge in [0.25, 0.3) is 9.05 Å². The normalized spacial score (nSPS) is 11.3. The molecule has 0 saturated heterocycles. The van der Waals surface area contributed by atoms with E-state index in [1.807, 2.05) is 0 Å². The quantitative estimate of drug-likeness (QED) is 0.796. The summed E-state index contributed by atoms with van der Waals surface area (Å²) in [6.07, 6.45) is 0. The lowest BCUT2D eigenvalue weighted by atomic mass is 10.3. The van der Waals surface area contributed by atoms with Crippen molar-refractivity contribution in [2.24, 2.45) is 0 Å². The van der Waals surface area contributed by atoms with Crippen LogP contribution in [0.15, 0.2) is 29.3 Å². The second-order valence-electron chi connectivity index (χ2n) is 3.71. The van der Waals surface area contributed by atoms with Crippen LogP contribution in [-0.4, -0.2) is 18.2 Å². The van der Waals surface area contributed by atoms with Crippen molar-refractivity contribution in [2.75, 3.05) is 0 Å². The fourth-order valence-electron chi connectivity index (χ4n) is 1.64. The summed E-state index contributed by atoms with van der Waals surface area (Å²) >= 11 is 0. The molecule has 1 heterocycles. The van der Waals surface area contributed by atoms with Crippen molar-refractivity contribution < 1.29 is 12.8 Å². The molecule has 8 heteroatoms. The molecule has 0 radical (unpaired) electrons. The molecule has 0 bridgehead atoms. The second-order valence-corrected chi connectivity index (χ2v) is 6.19. The monoisotopic (exact) mass is 299 g/mol. The third kappa shape index (κ3) is 2.45. The molecule has 0 spiro atoms. The number of aryl methyl sites for hydroxylation is 1. The van der Waals surface area contributed by atoms with Crippen molar-refractivity contribution in [1.29, 1.82) is 5.26 Å². The van der Waals surface area contributed by atoms with Gasteiger partial charge in [-0.1, -0.05) is 6.07 Å². The summed E-state index contributed by atoms with van der Waals surface area (Å²) in [5, 5.41) is 12.4. The minimum Gasteiger partial charge on any atom is -0.219 e. The molecule has 0 N–H and O–H groups in total. The Balaban J connectivity index is 2.83. The maximum Gasteiger partial charge on any atom is 0.280 e. The first kappa shape index (κ1) is 13.5. The Morgan fingerprint density at radius 1 is 1.47 bits per heavy atom. The van der Waals surface area contributed by atoms with E-state index in [2.05, 4.69) is 5.10 Å². The third-order valence-corrected chi connectivity index (χ3v) is 3.69. The summed E-state index contributed by atoms with van der Waals surface area (Å²) in [6.45, 7) is 1.47. The van der Waals surface area contributed by atoms with Crippen LogP contribution in [0, 0.1) is 24.1 Å². The summed E-state index contributed by atoms with van der Waals surface area (Å²) in [7, 11) is 1.13. The molecular formula is C11H7ClFN3O2S. The summed E-state index contributed by atoms with van der Waals surface area (Å²) in [5.74, 6) is -0.554. The van der Waals surface area contributed by atoms with Gasteiger partial charge in [-0.3, -0.25) is 0 Å². The van der Waals surface area contributed by atoms with E-state index in [-0.39, 0.29) is 16.9 Å². The van der Waals surface area contributed by atoms with Crippen LogP contribution in [0.25, 0.3) is 5.69 Å². The summed E-state index contributed by atoms with van der Waals surface area (Å²) < 4.78 is 37.3. The number of hydrogen-bond acceptors (Lipinski definition) is 4. The van der Waals surface area contributed by atoms with Gasteiger partial charge in [0.05, 0.1) is 11.4 Å². The molecule has 0 aliphatic carbocycles. The van der Waals surface area contributed by atoms with Crippen molar-refractivity contribution >= 4 is 19.7 Å². The molecule has 19 heavy (non-hydrogen) atoms. The number of hydrogen-bond donors (Lipinski definition) is 0. The topological polar surface area (TPSA) is 75.8 Å². The lowest BCUT2D eigenvalue weighted by Crippen LogP contribution is -2.06. The van der Waals surface area contributed by atoms with Gasteiger partial charge in [-0.2, -0.15) is 10.4 Å². The number of nitriles is 1.